The zero-order valence-corrected chi connectivity index (χ0v) is 17.0. The van der Waals surface area contributed by atoms with Crippen molar-refractivity contribution in [2.24, 2.45) is 5.92 Å². The molecule has 4 rings (SSSR count). The summed E-state index contributed by atoms with van der Waals surface area (Å²) in [5.74, 6) is 0.186. The summed E-state index contributed by atoms with van der Waals surface area (Å²) < 4.78 is 33.4. The maximum atomic E-state index is 13.4. The third kappa shape index (κ3) is 3.79. The van der Waals surface area contributed by atoms with E-state index in [0.29, 0.717) is 36.5 Å². The molecule has 0 bridgehead atoms. The van der Waals surface area contributed by atoms with Crippen molar-refractivity contribution < 1.29 is 18.3 Å². The molecule has 0 spiro atoms. The second-order valence-electron chi connectivity index (χ2n) is 7.53. The van der Waals surface area contributed by atoms with Gasteiger partial charge in [0.15, 0.2) is 0 Å². The van der Waals surface area contributed by atoms with Crippen LogP contribution in [0.4, 0.5) is 8.78 Å². The number of nitrogens with zero attached hydrogens (tertiary/aromatic N) is 6. The third-order valence-corrected chi connectivity index (χ3v) is 5.72. The summed E-state index contributed by atoms with van der Waals surface area (Å²) in [6.07, 6.45) is -0.765. The number of fused-ring (bicyclic) bond motifs is 1. The molecule has 1 saturated heterocycles. The molecule has 1 amide bonds. The van der Waals surface area contributed by atoms with Gasteiger partial charge in [-0.1, -0.05) is 6.92 Å². The quantitative estimate of drug-likeness (QED) is 0.636. The van der Waals surface area contributed by atoms with E-state index < -0.39 is 6.43 Å². The van der Waals surface area contributed by atoms with Gasteiger partial charge in [0.25, 0.3) is 18.1 Å². The van der Waals surface area contributed by atoms with Crippen molar-refractivity contribution in [3.8, 4) is 11.8 Å². The number of carbonyl (C=O) groups excluding carboxylic acids is 1. The van der Waals surface area contributed by atoms with Crippen LogP contribution in [0.3, 0.4) is 0 Å². The zero-order valence-electron chi connectivity index (χ0n) is 17.0. The number of likely N-dealkylation sites (tertiary alicyclic amines) is 1. The van der Waals surface area contributed by atoms with Crippen molar-refractivity contribution in [1.29, 1.82) is 5.26 Å². The molecule has 2 aromatic heterocycles. The fourth-order valence-corrected chi connectivity index (χ4v) is 3.98. The van der Waals surface area contributed by atoms with Crippen LogP contribution in [0.15, 0.2) is 30.6 Å². The predicted molar refractivity (Wildman–Crippen MR) is 106 cm³/mol. The molecule has 0 radical (unpaired) electrons. The van der Waals surface area contributed by atoms with Gasteiger partial charge in [0, 0.05) is 24.6 Å². The second-order valence-corrected chi connectivity index (χ2v) is 7.53. The average molecular weight is 426 g/mol. The molecule has 2 atom stereocenters. The van der Waals surface area contributed by atoms with Crippen LogP contribution in [0.5, 0.6) is 5.75 Å². The Morgan fingerprint density at radius 1 is 1.35 bits per heavy atom. The maximum absolute atomic E-state index is 13.4. The van der Waals surface area contributed by atoms with Crippen LogP contribution in [-0.4, -0.2) is 50.6 Å². The molecule has 1 aromatic carbocycles. The fraction of sp³-hybridized carbons (Fsp3) is 0.381. The Bertz CT molecular complexity index is 1170. The number of aromatic nitrogens is 4. The number of amides is 1. The fourth-order valence-electron chi connectivity index (χ4n) is 3.98. The van der Waals surface area contributed by atoms with Crippen LogP contribution in [0.25, 0.3) is 5.78 Å². The van der Waals surface area contributed by atoms with Crippen molar-refractivity contribution in [1.82, 2.24) is 24.5 Å². The molecule has 3 heterocycles. The molecule has 10 heteroatoms. The zero-order chi connectivity index (χ0) is 22.1. The second kappa shape index (κ2) is 8.26. The van der Waals surface area contributed by atoms with E-state index in [1.807, 2.05) is 13.0 Å². The Labute approximate surface area is 177 Å². The minimum Gasteiger partial charge on any atom is -0.495 e. The minimum atomic E-state index is -2.74. The summed E-state index contributed by atoms with van der Waals surface area (Å²) in [6, 6.07) is 8.09. The van der Waals surface area contributed by atoms with Gasteiger partial charge in [0.1, 0.15) is 23.8 Å². The lowest BCUT2D eigenvalue weighted by atomic mass is 9.84. The minimum absolute atomic E-state index is 0.109. The van der Waals surface area contributed by atoms with Gasteiger partial charge in [0.05, 0.1) is 18.4 Å². The molecular formula is C21H20F2N6O2. The number of nitriles is 1. The maximum Gasteiger partial charge on any atom is 0.280 e. The van der Waals surface area contributed by atoms with Gasteiger partial charge in [0.2, 0.25) is 0 Å². The Balaban J connectivity index is 1.67. The van der Waals surface area contributed by atoms with Gasteiger partial charge in [-0.15, -0.1) is 0 Å². The molecule has 1 aliphatic rings. The molecule has 1 aliphatic heterocycles. The first-order valence-corrected chi connectivity index (χ1v) is 9.79. The molecule has 8 nitrogen and oxygen atoms in total. The van der Waals surface area contributed by atoms with Crippen molar-refractivity contribution in [3.05, 3.63) is 53.1 Å². The number of ether oxygens (including phenoxy) is 1. The van der Waals surface area contributed by atoms with E-state index >= 15 is 0 Å². The molecule has 160 valence electrons. The highest BCUT2D eigenvalue weighted by Gasteiger charge is 2.33. The molecule has 0 saturated carbocycles. The number of halogens is 2. The largest absolute Gasteiger partial charge is 0.495 e. The molecule has 0 aliphatic carbocycles. The highest BCUT2D eigenvalue weighted by molar-refractivity contribution is 5.95. The monoisotopic (exact) mass is 426 g/mol. The van der Waals surface area contributed by atoms with Crippen LogP contribution >= 0.6 is 0 Å². The molecule has 31 heavy (non-hydrogen) atoms. The highest BCUT2D eigenvalue weighted by Crippen LogP contribution is 2.34. The number of methoxy groups -OCH3 is 1. The van der Waals surface area contributed by atoms with E-state index in [9.17, 15) is 18.8 Å². The lowest BCUT2D eigenvalue weighted by Gasteiger charge is -2.37. The van der Waals surface area contributed by atoms with Crippen molar-refractivity contribution in [2.45, 2.75) is 25.7 Å². The van der Waals surface area contributed by atoms with Crippen molar-refractivity contribution >= 4 is 11.7 Å². The Morgan fingerprint density at radius 2 is 2.16 bits per heavy atom. The van der Waals surface area contributed by atoms with Gasteiger partial charge in [-0.2, -0.15) is 15.3 Å². The lowest BCUT2D eigenvalue weighted by molar-refractivity contribution is 0.0665. The number of alkyl halides is 2. The van der Waals surface area contributed by atoms with Crippen LogP contribution < -0.4 is 4.74 Å². The molecule has 1 unspecified atom stereocenters. The van der Waals surface area contributed by atoms with E-state index in [0.717, 1.165) is 0 Å². The van der Waals surface area contributed by atoms with E-state index in [2.05, 4.69) is 15.1 Å². The summed E-state index contributed by atoms with van der Waals surface area (Å²) in [4.78, 5) is 22.7. The molecular weight excluding hydrogens is 406 g/mol. The number of hydrogen-bond acceptors (Lipinski definition) is 6. The molecule has 0 N–H and O–H groups in total. The topological polar surface area (TPSA) is 96.4 Å². The standard InChI is InChI=1S/C21H20F2N6O2/c1-12-5-6-28(20(30)13-3-4-18(31-2)14(7-13)9-24)10-15(12)17-8-16(19(22)23)27-21-25-11-26-29(17)21/h3-4,7-8,11-12,15,19H,5-6,10H2,1-2H3/t12-,15?/m1/s1. The summed E-state index contributed by atoms with van der Waals surface area (Å²) in [5, 5.41) is 13.4. The molecule has 3 aromatic rings. The first-order valence-electron chi connectivity index (χ1n) is 9.79. The smallest absolute Gasteiger partial charge is 0.280 e. The van der Waals surface area contributed by atoms with Crippen LogP contribution in [0, 0.1) is 17.2 Å². The van der Waals surface area contributed by atoms with Crippen molar-refractivity contribution in [3.63, 3.8) is 0 Å². The lowest BCUT2D eigenvalue weighted by Crippen LogP contribution is -2.42. The Morgan fingerprint density at radius 3 is 2.87 bits per heavy atom. The van der Waals surface area contributed by atoms with E-state index in [1.165, 1.54) is 30.1 Å². The van der Waals surface area contributed by atoms with Crippen LogP contribution in [0.1, 0.15) is 53.0 Å². The predicted octanol–water partition coefficient (Wildman–Crippen LogP) is 3.21. The first-order chi connectivity index (χ1) is 14.9. The summed E-state index contributed by atoms with van der Waals surface area (Å²) in [7, 11) is 1.46. The van der Waals surface area contributed by atoms with Gasteiger partial charge >= 0.3 is 0 Å². The van der Waals surface area contributed by atoms with Gasteiger partial charge in [-0.05, 0) is 36.6 Å². The number of piperidine rings is 1. The Hall–Kier alpha value is -3.61. The van der Waals surface area contributed by atoms with E-state index in [1.54, 1.807) is 17.0 Å². The third-order valence-electron chi connectivity index (χ3n) is 5.72. The summed E-state index contributed by atoms with van der Waals surface area (Å²) in [6.45, 7) is 2.88. The Kier molecular flexibility index (Phi) is 5.50. The van der Waals surface area contributed by atoms with E-state index in [4.69, 9.17) is 4.74 Å². The SMILES string of the molecule is COc1ccc(C(=O)N2CC[C@@H](C)C(c3cc(C(F)F)nc4ncnn34)C2)cc1C#N. The summed E-state index contributed by atoms with van der Waals surface area (Å²) >= 11 is 0. The van der Waals surface area contributed by atoms with E-state index in [-0.39, 0.29) is 34.8 Å². The number of benzene rings is 1. The number of rotatable bonds is 4. The normalized spacial score (nSPS) is 18.9. The van der Waals surface area contributed by atoms with Crippen LogP contribution in [0.2, 0.25) is 0 Å². The van der Waals surface area contributed by atoms with Crippen LogP contribution in [-0.2, 0) is 0 Å². The van der Waals surface area contributed by atoms with Gasteiger partial charge < -0.3 is 9.64 Å². The van der Waals surface area contributed by atoms with Crippen molar-refractivity contribution in [2.75, 3.05) is 20.2 Å². The molecule has 1 fully saturated rings. The summed E-state index contributed by atoms with van der Waals surface area (Å²) in [5.41, 5.74) is 0.838. The number of hydrogen-bond donors (Lipinski definition) is 0. The van der Waals surface area contributed by atoms with Gasteiger partial charge in [-0.25, -0.2) is 18.3 Å². The average Bonchev–Trinajstić information content (AvgIpc) is 3.26. The number of carbonyl (C=O) groups is 1. The first kappa shape index (κ1) is 20.7. The highest BCUT2D eigenvalue weighted by atomic mass is 19.3. The van der Waals surface area contributed by atoms with Gasteiger partial charge in [-0.3, -0.25) is 4.79 Å².